The van der Waals surface area contributed by atoms with Gasteiger partial charge in [0.15, 0.2) is 0 Å². The van der Waals surface area contributed by atoms with E-state index >= 15 is 0 Å². The molecule has 0 spiro atoms. The minimum absolute atomic E-state index is 0.533. The third-order valence-electron chi connectivity index (χ3n) is 3.06. The van der Waals surface area contributed by atoms with Gasteiger partial charge in [0.25, 0.3) is 0 Å². The van der Waals surface area contributed by atoms with Gasteiger partial charge in [-0.05, 0) is 66.5 Å². The van der Waals surface area contributed by atoms with Crippen LogP contribution in [0.4, 0.5) is 0 Å². The minimum atomic E-state index is 0.533. The number of hydrogen-bond donors (Lipinski definition) is 0. The molecule has 0 saturated heterocycles. The van der Waals surface area contributed by atoms with E-state index in [4.69, 9.17) is 11.6 Å². The Morgan fingerprint density at radius 3 is 2.47 bits per heavy atom. The van der Waals surface area contributed by atoms with Crippen LogP contribution >= 0.6 is 22.9 Å². The fraction of sp³-hybridized carbons (Fsp3) is 0.786. The molecule has 0 aliphatic rings. The van der Waals surface area contributed by atoms with Crippen LogP contribution in [0.25, 0.3) is 0 Å². The molecule has 3 nitrogen and oxygen atoms in total. The quantitative estimate of drug-likeness (QED) is 0.489. The molecule has 1 heterocycles. The predicted molar refractivity (Wildman–Crippen MR) is 85.3 cm³/mol. The van der Waals surface area contributed by atoms with E-state index in [0.717, 1.165) is 12.1 Å². The van der Waals surface area contributed by atoms with Gasteiger partial charge in [-0.2, -0.15) is 0 Å². The minimum Gasteiger partial charge on any atom is -0.309 e. The summed E-state index contributed by atoms with van der Waals surface area (Å²) in [5.74, 6) is 0.533. The van der Waals surface area contributed by atoms with Gasteiger partial charge in [-0.3, -0.25) is 0 Å². The number of nitrogens with zero attached hydrogens (tertiary/aromatic N) is 3. The van der Waals surface area contributed by atoms with Crippen molar-refractivity contribution in [1.29, 1.82) is 0 Å². The number of rotatable bonds is 10. The zero-order valence-corrected chi connectivity index (χ0v) is 13.9. The summed E-state index contributed by atoms with van der Waals surface area (Å²) in [6, 6.07) is 0. The molecule has 0 unspecified atom stereocenters. The first kappa shape index (κ1) is 16.9. The molecule has 0 aromatic carbocycles. The van der Waals surface area contributed by atoms with Crippen LogP contribution in [0.15, 0.2) is 5.38 Å². The van der Waals surface area contributed by atoms with Gasteiger partial charge in [0.1, 0.15) is 0 Å². The molecule has 5 heteroatoms. The molecule has 0 N–H and O–H groups in total. The SMILES string of the molecule is CN(C)CCCN(C)CCCCc1nc(CCl)cs1. The number of alkyl halides is 1. The second-order valence-corrected chi connectivity index (χ2v) is 6.49. The van der Waals surface area contributed by atoms with Crippen LogP contribution in [-0.2, 0) is 12.3 Å². The number of aromatic nitrogens is 1. The third-order valence-corrected chi connectivity index (χ3v) is 4.29. The molecule has 110 valence electrons. The summed E-state index contributed by atoms with van der Waals surface area (Å²) in [5, 5.41) is 3.29. The highest BCUT2D eigenvalue weighted by atomic mass is 35.5. The van der Waals surface area contributed by atoms with Gasteiger partial charge in [-0.1, -0.05) is 0 Å². The topological polar surface area (TPSA) is 19.4 Å². The molecular weight excluding hydrogens is 278 g/mol. The van der Waals surface area contributed by atoms with Crippen LogP contribution in [0.2, 0.25) is 0 Å². The fourth-order valence-corrected chi connectivity index (χ4v) is 3.02. The summed E-state index contributed by atoms with van der Waals surface area (Å²) < 4.78 is 0. The summed E-state index contributed by atoms with van der Waals surface area (Å²) in [7, 11) is 6.47. The Bertz CT molecular complexity index is 341. The molecule has 19 heavy (non-hydrogen) atoms. The van der Waals surface area contributed by atoms with Crippen LogP contribution in [0, 0.1) is 0 Å². The van der Waals surface area contributed by atoms with E-state index < -0.39 is 0 Å². The highest BCUT2D eigenvalue weighted by Gasteiger charge is 2.02. The Kier molecular flexibility index (Phi) is 8.62. The van der Waals surface area contributed by atoms with Gasteiger partial charge in [0.2, 0.25) is 0 Å². The lowest BCUT2D eigenvalue weighted by Crippen LogP contribution is -2.24. The van der Waals surface area contributed by atoms with Crippen molar-refractivity contribution in [2.24, 2.45) is 0 Å². The van der Waals surface area contributed by atoms with Crippen molar-refractivity contribution >= 4 is 22.9 Å². The molecule has 0 bridgehead atoms. The lowest BCUT2D eigenvalue weighted by molar-refractivity contribution is 0.295. The summed E-state index contributed by atoms with van der Waals surface area (Å²) in [5.41, 5.74) is 1.02. The van der Waals surface area contributed by atoms with Gasteiger partial charge in [-0.15, -0.1) is 22.9 Å². The molecule has 1 aromatic heterocycles. The maximum absolute atomic E-state index is 5.75. The molecule has 1 aromatic rings. The largest absolute Gasteiger partial charge is 0.309 e. The monoisotopic (exact) mass is 303 g/mol. The van der Waals surface area contributed by atoms with Gasteiger partial charge < -0.3 is 9.80 Å². The number of thiazole rings is 1. The number of aryl methyl sites for hydroxylation is 1. The summed E-state index contributed by atoms with van der Waals surface area (Å²) >= 11 is 7.48. The van der Waals surface area contributed by atoms with Gasteiger partial charge in [0.05, 0.1) is 16.6 Å². The lowest BCUT2D eigenvalue weighted by Gasteiger charge is -2.17. The molecular formula is C14H26ClN3S. The molecule has 0 aliphatic carbocycles. The van der Waals surface area contributed by atoms with Crippen molar-refractivity contribution < 1.29 is 0 Å². The molecule has 0 aliphatic heterocycles. The second-order valence-electron chi connectivity index (χ2n) is 5.28. The van der Waals surface area contributed by atoms with E-state index in [1.54, 1.807) is 11.3 Å². The maximum atomic E-state index is 5.75. The third kappa shape index (κ3) is 7.88. The van der Waals surface area contributed by atoms with Crippen molar-refractivity contribution in [1.82, 2.24) is 14.8 Å². The second kappa shape index (κ2) is 9.70. The Balaban J connectivity index is 2.03. The highest BCUT2D eigenvalue weighted by Crippen LogP contribution is 2.14. The molecule has 0 fully saturated rings. The van der Waals surface area contributed by atoms with E-state index in [2.05, 4.69) is 41.3 Å². The van der Waals surface area contributed by atoms with Gasteiger partial charge in [0, 0.05) is 5.38 Å². The zero-order chi connectivity index (χ0) is 14.1. The Hall–Kier alpha value is -0.160. The van der Waals surface area contributed by atoms with Crippen molar-refractivity contribution in [3.8, 4) is 0 Å². The average Bonchev–Trinajstić information content (AvgIpc) is 2.82. The van der Waals surface area contributed by atoms with Crippen LogP contribution in [0.5, 0.6) is 0 Å². The first-order chi connectivity index (χ1) is 9.11. The molecule has 0 amide bonds. The fourth-order valence-electron chi connectivity index (χ4n) is 1.95. The van der Waals surface area contributed by atoms with Gasteiger partial charge in [-0.25, -0.2) is 4.98 Å². The Labute approximate surface area is 126 Å². The Morgan fingerprint density at radius 1 is 1.11 bits per heavy atom. The van der Waals surface area contributed by atoms with Crippen LogP contribution in [0.1, 0.15) is 30.0 Å². The molecule has 0 atom stereocenters. The van der Waals surface area contributed by atoms with Crippen molar-refractivity contribution in [2.75, 3.05) is 40.8 Å². The molecule has 1 rings (SSSR count). The van der Waals surface area contributed by atoms with E-state index in [9.17, 15) is 0 Å². The van der Waals surface area contributed by atoms with Crippen LogP contribution in [-0.4, -0.2) is 55.6 Å². The summed E-state index contributed by atoms with van der Waals surface area (Å²) in [6.45, 7) is 3.54. The highest BCUT2D eigenvalue weighted by molar-refractivity contribution is 7.09. The molecule has 0 saturated carbocycles. The number of halogens is 1. The first-order valence-electron chi connectivity index (χ1n) is 6.94. The molecule has 0 radical (unpaired) electrons. The number of unbranched alkanes of at least 4 members (excludes halogenated alkanes) is 1. The van der Waals surface area contributed by atoms with Crippen molar-refractivity contribution in [3.63, 3.8) is 0 Å². The normalized spacial score (nSPS) is 11.7. The zero-order valence-electron chi connectivity index (χ0n) is 12.4. The van der Waals surface area contributed by atoms with E-state index in [1.807, 2.05) is 0 Å². The van der Waals surface area contributed by atoms with Gasteiger partial charge >= 0.3 is 0 Å². The van der Waals surface area contributed by atoms with Crippen molar-refractivity contribution in [3.05, 3.63) is 16.1 Å². The van der Waals surface area contributed by atoms with Crippen molar-refractivity contribution in [2.45, 2.75) is 31.6 Å². The standard InChI is InChI=1S/C14H26ClN3S/c1-17(2)8-6-10-18(3)9-5-4-7-14-16-13(11-15)12-19-14/h12H,4-11H2,1-3H3. The summed E-state index contributed by atoms with van der Waals surface area (Å²) in [6.07, 6.45) is 4.80. The Morgan fingerprint density at radius 2 is 1.84 bits per heavy atom. The first-order valence-corrected chi connectivity index (χ1v) is 8.35. The number of hydrogen-bond acceptors (Lipinski definition) is 4. The summed E-state index contributed by atoms with van der Waals surface area (Å²) in [4.78, 5) is 9.15. The smallest absolute Gasteiger partial charge is 0.0928 e. The maximum Gasteiger partial charge on any atom is 0.0928 e. The van der Waals surface area contributed by atoms with E-state index in [0.29, 0.717) is 5.88 Å². The van der Waals surface area contributed by atoms with Crippen LogP contribution in [0.3, 0.4) is 0 Å². The predicted octanol–water partition coefficient (Wildman–Crippen LogP) is 3.09. The van der Waals surface area contributed by atoms with E-state index in [-0.39, 0.29) is 0 Å². The van der Waals surface area contributed by atoms with Crippen LogP contribution < -0.4 is 0 Å². The van der Waals surface area contributed by atoms with E-state index in [1.165, 1.54) is 43.9 Å². The lowest BCUT2D eigenvalue weighted by atomic mass is 10.2. The average molecular weight is 304 g/mol.